The van der Waals surface area contributed by atoms with E-state index in [0.717, 1.165) is 0 Å². The Balaban J connectivity index is 0.954. The first-order valence-corrected chi connectivity index (χ1v) is 22.0. The highest BCUT2D eigenvalue weighted by Gasteiger charge is 2.52. The van der Waals surface area contributed by atoms with E-state index < -0.39 is 0 Å². The molecule has 0 N–H and O–H groups in total. The average Bonchev–Trinajstić information content (AvgIpc) is 4.03. The fraction of sp³-hybridized carbons (Fsp3) is 0.0323. The van der Waals surface area contributed by atoms with Gasteiger partial charge in [-0.1, -0.05) is 194 Å². The minimum absolute atomic E-state index is 0.347. The van der Waals surface area contributed by atoms with Crippen LogP contribution in [0.5, 0.6) is 0 Å². The van der Waals surface area contributed by atoms with Crippen LogP contribution < -0.4 is 0 Å². The van der Waals surface area contributed by atoms with Crippen molar-refractivity contribution in [3.05, 3.63) is 251 Å². The fourth-order valence-electron chi connectivity index (χ4n) is 13.7. The molecule has 0 fully saturated rings. The van der Waals surface area contributed by atoms with Crippen LogP contribution in [0.15, 0.2) is 206 Å². The highest BCUT2D eigenvalue weighted by atomic mass is 14.5. The van der Waals surface area contributed by atoms with Crippen molar-refractivity contribution in [3.8, 4) is 33.4 Å². The highest BCUT2D eigenvalue weighted by molar-refractivity contribution is 6.32. The molecule has 0 unspecified atom stereocenters. The Labute approximate surface area is 358 Å². The summed E-state index contributed by atoms with van der Waals surface area (Å²) >= 11 is 0. The Kier molecular flexibility index (Phi) is 5.55. The maximum absolute atomic E-state index is 2.48. The highest BCUT2D eigenvalue weighted by Crippen LogP contribution is 2.65. The SMILES string of the molecule is c1ccc2c(c1)-c1ccccc1C21c2cccc3c4ccc(-c5ccc6c(c5)c5cccc7c5c5c(cccc65)C75c6ccccc6-c6ccccc65)cc4c4cccc1c4c23. The summed E-state index contributed by atoms with van der Waals surface area (Å²) in [5.41, 5.74) is 18.4. The molecule has 12 aromatic carbocycles. The molecular weight excluding hydrogens is 745 g/mol. The smallest absolute Gasteiger partial charge is 0.0619 e. The lowest BCUT2D eigenvalue weighted by Gasteiger charge is -2.30. The largest absolute Gasteiger partial charge is 0.0725 e. The van der Waals surface area contributed by atoms with Gasteiger partial charge in [-0.15, -0.1) is 0 Å². The number of rotatable bonds is 1. The molecule has 0 bridgehead atoms. The number of hydrogen-bond acceptors (Lipinski definition) is 0. The molecule has 16 rings (SSSR count). The van der Waals surface area contributed by atoms with Crippen LogP contribution in [0.2, 0.25) is 0 Å². The van der Waals surface area contributed by atoms with Gasteiger partial charge in [0.2, 0.25) is 0 Å². The van der Waals surface area contributed by atoms with Crippen LogP contribution >= 0.6 is 0 Å². The molecule has 0 aliphatic heterocycles. The standard InChI is InChI=1S/C62H34/c1-5-21-49-39(13-1)40-14-2-6-22-50(40)61(49)53-25-9-17-43-37-31-29-35(33-47(37)45-19-11-27-55(61)59(45)57(43)53)36-30-32-38-44-18-10-26-54-58(44)60-46(48(38)34-36)20-12-28-56(60)62(54)51-23-7-3-15-41(51)42-16-4-8-24-52(42)62/h1-34H. The molecule has 0 saturated heterocycles. The lowest BCUT2D eigenvalue weighted by molar-refractivity contribution is 0.797. The van der Waals surface area contributed by atoms with Crippen LogP contribution in [0.25, 0.3) is 98.0 Å². The van der Waals surface area contributed by atoms with Crippen LogP contribution in [-0.4, -0.2) is 0 Å². The van der Waals surface area contributed by atoms with Crippen molar-refractivity contribution < 1.29 is 0 Å². The summed E-state index contributed by atoms with van der Waals surface area (Å²) in [6, 6.07) is 79.2. The molecule has 2 spiro atoms. The van der Waals surface area contributed by atoms with Crippen LogP contribution in [0.1, 0.15) is 44.5 Å². The number of benzene rings is 12. The van der Waals surface area contributed by atoms with Crippen molar-refractivity contribution in [2.45, 2.75) is 10.8 Å². The predicted octanol–water partition coefficient (Wildman–Crippen LogP) is 15.6. The molecule has 0 heteroatoms. The van der Waals surface area contributed by atoms with Crippen LogP contribution in [-0.2, 0) is 10.8 Å². The third kappa shape index (κ3) is 3.35. The van der Waals surface area contributed by atoms with E-state index in [1.165, 1.54) is 143 Å². The van der Waals surface area contributed by atoms with Gasteiger partial charge in [0.1, 0.15) is 0 Å². The van der Waals surface area contributed by atoms with E-state index in [1.807, 2.05) is 0 Å². The summed E-state index contributed by atoms with van der Waals surface area (Å²) in [6.45, 7) is 0. The molecule has 282 valence electrons. The van der Waals surface area contributed by atoms with Gasteiger partial charge in [0.25, 0.3) is 0 Å². The van der Waals surface area contributed by atoms with E-state index in [2.05, 4.69) is 206 Å². The molecule has 0 saturated carbocycles. The maximum Gasteiger partial charge on any atom is 0.0725 e. The minimum atomic E-state index is -0.347. The van der Waals surface area contributed by atoms with Gasteiger partial charge >= 0.3 is 0 Å². The molecule has 4 aliphatic carbocycles. The zero-order valence-electron chi connectivity index (χ0n) is 33.6. The monoisotopic (exact) mass is 778 g/mol. The minimum Gasteiger partial charge on any atom is -0.0619 e. The van der Waals surface area contributed by atoms with Gasteiger partial charge in [-0.25, -0.2) is 0 Å². The van der Waals surface area contributed by atoms with Crippen LogP contribution in [0.3, 0.4) is 0 Å². The van der Waals surface area contributed by atoms with E-state index in [1.54, 1.807) is 0 Å². The van der Waals surface area contributed by atoms with E-state index in [4.69, 9.17) is 0 Å². The van der Waals surface area contributed by atoms with Gasteiger partial charge < -0.3 is 0 Å². The molecule has 0 nitrogen and oxygen atoms in total. The quantitative estimate of drug-likeness (QED) is 0.146. The summed E-state index contributed by atoms with van der Waals surface area (Å²) in [4.78, 5) is 0. The Bertz CT molecular complexity index is 3750. The first-order chi connectivity index (χ1) is 30.8. The fourth-order valence-corrected chi connectivity index (χ4v) is 13.7. The van der Waals surface area contributed by atoms with E-state index >= 15 is 0 Å². The van der Waals surface area contributed by atoms with Gasteiger partial charge in [-0.05, 0) is 155 Å². The average molecular weight is 779 g/mol. The molecule has 12 aromatic rings. The molecule has 0 heterocycles. The van der Waals surface area contributed by atoms with Crippen LogP contribution in [0, 0.1) is 0 Å². The third-order valence-corrected chi connectivity index (χ3v) is 15.8. The summed E-state index contributed by atoms with van der Waals surface area (Å²) in [6.07, 6.45) is 0. The van der Waals surface area contributed by atoms with Gasteiger partial charge in [0.05, 0.1) is 10.8 Å². The third-order valence-electron chi connectivity index (χ3n) is 15.8. The van der Waals surface area contributed by atoms with E-state index in [-0.39, 0.29) is 10.8 Å². The zero-order valence-corrected chi connectivity index (χ0v) is 33.6. The number of hydrogen-bond donors (Lipinski definition) is 0. The summed E-state index contributed by atoms with van der Waals surface area (Å²) in [5, 5.41) is 16.2. The van der Waals surface area contributed by atoms with Crippen molar-refractivity contribution in [1.82, 2.24) is 0 Å². The topological polar surface area (TPSA) is 0 Å². The summed E-state index contributed by atoms with van der Waals surface area (Å²) in [5.74, 6) is 0. The second-order valence-corrected chi connectivity index (χ2v) is 18.1. The Hall–Kier alpha value is -7.80. The molecule has 0 radical (unpaired) electrons. The van der Waals surface area contributed by atoms with Crippen molar-refractivity contribution in [2.24, 2.45) is 0 Å². The zero-order chi connectivity index (χ0) is 40.1. The lowest BCUT2D eigenvalue weighted by Crippen LogP contribution is -2.25. The van der Waals surface area contributed by atoms with Gasteiger partial charge in [0.15, 0.2) is 0 Å². The molecule has 4 aliphatic rings. The van der Waals surface area contributed by atoms with Gasteiger partial charge in [0, 0.05) is 0 Å². The van der Waals surface area contributed by atoms with Crippen LogP contribution in [0.4, 0.5) is 0 Å². The Morgan fingerprint density at radius 1 is 0.194 bits per heavy atom. The first kappa shape index (κ1) is 32.0. The predicted molar refractivity (Wildman–Crippen MR) is 259 cm³/mol. The first-order valence-electron chi connectivity index (χ1n) is 22.0. The normalized spacial score (nSPS) is 15.0. The van der Waals surface area contributed by atoms with E-state index in [9.17, 15) is 0 Å². The van der Waals surface area contributed by atoms with Crippen molar-refractivity contribution in [1.29, 1.82) is 0 Å². The second-order valence-electron chi connectivity index (χ2n) is 18.1. The van der Waals surface area contributed by atoms with Crippen molar-refractivity contribution >= 4 is 64.6 Å². The van der Waals surface area contributed by atoms with Crippen molar-refractivity contribution in [2.75, 3.05) is 0 Å². The molecule has 0 amide bonds. The van der Waals surface area contributed by atoms with Crippen molar-refractivity contribution in [3.63, 3.8) is 0 Å². The maximum atomic E-state index is 2.48. The van der Waals surface area contributed by atoms with Gasteiger partial charge in [-0.2, -0.15) is 0 Å². The van der Waals surface area contributed by atoms with E-state index in [0.29, 0.717) is 0 Å². The Morgan fingerprint density at radius 2 is 0.468 bits per heavy atom. The molecule has 0 aromatic heterocycles. The second kappa shape index (κ2) is 10.7. The molecule has 0 atom stereocenters. The summed E-state index contributed by atoms with van der Waals surface area (Å²) in [7, 11) is 0. The Morgan fingerprint density at radius 3 is 0.790 bits per heavy atom. The lowest BCUT2D eigenvalue weighted by atomic mass is 9.70. The van der Waals surface area contributed by atoms with Gasteiger partial charge in [-0.3, -0.25) is 0 Å². The summed E-state index contributed by atoms with van der Waals surface area (Å²) < 4.78 is 0. The molecular formula is C62H34. The molecule has 62 heavy (non-hydrogen) atoms. The number of fused-ring (bicyclic) bond motifs is 20.